The quantitative estimate of drug-likeness (QED) is 0.329. The van der Waals surface area contributed by atoms with Crippen LogP contribution in [-0.4, -0.2) is 71.6 Å². The van der Waals surface area contributed by atoms with Crippen LogP contribution in [0.25, 0.3) is 0 Å². The zero-order valence-corrected chi connectivity index (χ0v) is 18.9. The summed E-state index contributed by atoms with van der Waals surface area (Å²) in [5.74, 6) is -2.14. The minimum absolute atomic E-state index is 0.00882. The van der Waals surface area contributed by atoms with Gasteiger partial charge in [-0.3, -0.25) is 19.2 Å². The third-order valence-electron chi connectivity index (χ3n) is 4.82. The van der Waals surface area contributed by atoms with Crippen molar-refractivity contribution in [1.29, 1.82) is 0 Å². The summed E-state index contributed by atoms with van der Waals surface area (Å²) in [4.78, 5) is 49.6. The summed E-state index contributed by atoms with van der Waals surface area (Å²) in [7, 11) is 5.52. The molecule has 11 heteroatoms. The molecule has 0 saturated heterocycles. The third kappa shape index (κ3) is 4.94. The molecule has 0 radical (unpaired) electrons. The average molecular weight is 474 g/mol. The van der Waals surface area contributed by atoms with Crippen molar-refractivity contribution in [3.8, 4) is 34.5 Å². The van der Waals surface area contributed by atoms with Crippen molar-refractivity contribution in [2.24, 2.45) is 0 Å². The number of rotatable bonds is 12. The maximum Gasteiger partial charge on any atom is 0.231 e. The summed E-state index contributed by atoms with van der Waals surface area (Å²) in [5.41, 5.74) is -0.00696. The number of hydrogen-bond acceptors (Lipinski definition) is 11. The molecule has 0 unspecified atom stereocenters. The first-order valence-corrected chi connectivity index (χ1v) is 9.85. The van der Waals surface area contributed by atoms with Crippen LogP contribution >= 0.6 is 0 Å². The van der Waals surface area contributed by atoms with Gasteiger partial charge in [-0.15, -0.1) is 0 Å². The van der Waals surface area contributed by atoms with Gasteiger partial charge in [-0.2, -0.15) is 0 Å². The highest BCUT2D eigenvalue weighted by atomic mass is 16.7. The molecular formula is C23H22O11. The van der Waals surface area contributed by atoms with E-state index in [2.05, 4.69) is 0 Å². The minimum Gasteiger partial charge on any atom is -0.493 e. The van der Waals surface area contributed by atoms with Gasteiger partial charge in [-0.1, -0.05) is 0 Å². The summed E-state index contributed by atoms with van der Waals surface area (Å²) >= 11 is 0. The SMILES string of the molecule is COc1cc(C(=O)C(=O)COCC(=O)C(=O)c2cc(OC)c3c(c2)OCO3)cc(OC)c1OC. The Balaban J connectivity index is 1.62. The highest BCUT2D eigenvalue weighted by Gasteiger charge is 2.26. The molecule has 0 atom stereocenters. The van der Waals surface area contributed by atoms with Gasteiger partial charge in [-0.05, 0) is 24.3 Å². The van der Waals surface area contributed by atoms with E-state index in [0.29, 0.717) is 5.75 Å². The lowest BCUT2D eigenvalue weighted by molar-refractivity contribution is -0.124. The molecular weight excluding hydrogens is 452 g/mol. The van der Waals surface area contributed by atoms with Gasteiger partial charge < -0.3 is 33.2 Å². The van der Waals surface area contributed by atoms with Gasteiger partial charge in [0.05, 0.1) is 28.4 Å². The summed E-state index contributed by atoms with van der Waals surface area (Å²) in [5, 5.41) is 0. The first-order valence-electron chi connectivity index (χ1n) is 9.85. The Hall–Kier alpha value is -4.12. The molecule has 3 rings (SSSR count). The summed E-state index contributed by atoms with van der Waals surface area (Å²) in [6.07, 6.45) is 0. The minimum atomic E-state index is -0.931. The van der Waals surface area contributed by atoms with Gasteiger partial charge in [0.1, 0.15) is 13.2 Å². The highest BCUT2D eigenvalue weighted by Crippen LogP contribution is 2.42. The molecule has 34 heavy (non-hydrogen) atoms. The van der Waals surface area contributed by atoms with Crippen LogP contribution in [0.2, 0.25) is 0 Å². The molecule has 0 N–H and O–H groups in total. The van der Waals surface area contributed by atoms with E-state index >= 15 is 0 Å². The topological polar surface area (TPSA) is 133 Å². The molecule has 11 nitrogen and oxygen atoms in total. The van der Waals surface area contributed by atoms with E-state index < -0.39 is 36.3 Å². The summed E-state index contributed by atoms with van der Waals surface area (Å²) in [6.45, 7) is -1.45. The average Bonchev–Trinajstić information content (AvgIpc) is 3.34. The van der Waals surface area contributed by atoms with E-state index in [9.17, 15) is 19.2 Å². The zero-order valence-electron chi connectivity index (χ0n) is 18.9. The van der Waals surface area contributed by atoms with Crippen LogP contribution in [0.4, 0.5) is 0 Å². The van der Waals surface area contributed by atoms with Crippen LogP contribution < -0.4 is 28.4 Å². The predicted molar refractivity (Wildman–Crippen MR) is 115 cm³/mol. The lowest BCUT2D eigenvalue weighted by Gasteiger charge is -2.13. The number of carbonyl (C=O) groups excluding carboxylic acids is 4. The van der Waals surface area contributed by atoms with Crippen molar-refractivity contribution in [1.82, 2.24) is 0 Å². The van der Waals surface area contributed by atoms with Crippen molar-refractivity contribution in [3.05, 3.63) is 35.4 Å². The van der Waals surface area contributed by atoms with Gasteiger partial charge in [-0.25, -0.2) is 0 Å². The second-order valence-electron chi connectivity index (χ2n) is 6.82. The van der Waals surface area contributed by atoms with Crippen LogP contribution in [0.5, 0.6) is 34.5 Å². The fourth-order valence-corrected chi connectivity index (χ4v) is 3.16. The lowest BCUT2D eigenvalue weighted by atomic mass is 10.1. The Bertz CT molecular complexity index is 1110. The molecule has 1 aliphatic rings. The van der Waals surface area contributed by atoms with E-state index in [1.54, 1.807) is 0 Å². The van der Waals surface area contributed by atoms with Crippen LogP contribution in [0.15, 0.2) is 24.3 Å². The molecule has 0 aromatic heterocycles. The van der Waals surface area contributed by atoms with E-state index in [4.69, 9.17) is 33.2 Å². The fraction of sp³-hybridized carbons (Fsp3) is 0.304. The van der Waals surface area contributed by atoms with Crippen molar-refractivity contribution in [2.75, 3.05) is 48.4 Å². The van der Waals surface area contributed by atoms with Gasteiger partial charge in [0.2, 0.25) is 41.4 Å². The first-order chi connectivity index (χ1) is 16.3. The van der Waals surface area contributed by atoms with Crippen LogP contribution in [0, 0.1) is 0 Å². The number of ether oxygens (including phenoxy) is 7. The molecule has 2 aromatic carbocycles. The zero-order chi connectivity index (χ0) is 24.8. The lowest BCUT2D eigenvalue weighted by Crippen LogP contribution is -2.25. The van der Waals surface area contributed by atoms with Crippen LogP contribution in [0.1, 0.15) is 20.7 Å². The van der Waals surface area contributed by atoms with E-state index in [1.165, 1.54) is 52.7 Å². The van der Waals surface area contributed by atoms with Gasteiger partial charge in [0, 0.05) is 11.1 Å². The summed E-state index contributed by atoms with van der Waals surface area (Å²) < 4.78 is 36.2. The van der Waals surface area contributed by atoms with E-state index in [0.717, 1.165) is 0 Å². The first kappa shape index (κ1) is 24.5. The molecule has 0 amide bonds. The van der Waals surface area contributed by atoms with Crippen molar-refractivity contribution < 1.29 is 52.3 Å². The predicted octanol–water partition coefficient (Wildman–Crippen LogP) is 1.67. The largest absolute Gasteiger partial charge is 0.493 e. The Labute approximate surface area is 194 Å². The van der Waals surface area contributed by atoms with Gasteiger partial charge >= 0.3 is 0 Å². The second kappa shape index (κ2) is 10.7. The molecule has 2 aromatic rings. The standard InChI is InChI=1S/C23H22O11/c1-28-16-5-12(6-17(29-2)22(16)31-4)20(26)14(24)9-32-10-15(25)21(27)13-7-18(30-3)23-19(8-13)33-11-34-23/h5-8H,9-11H2,1-4H3. The molecule has 0 bridgehead atoms. The molecule has 180 valence electrons. The third-order valence-corrected chi connectivity index (χ3v) is 4.82. The maximum atomic E-state index is 12.5. The van der Waals surface area contributed by atoms with E-state index in [-0.39, 0.29) is 46.7 Å². The van der Waals surface area contributed by atoms with E-state index in [1.807, 2.05) is 0 Å². The maximum absolute atomic E-state index is 12.5. The smallest absolute Gasteiger partial charge is 0.231 e. The van der Waals surface area contributed by atoms with Crippen molar-refractivity contribution >= 4 is 23.1 Å². The normalized spacial score (nSPS) is 11.5. The fourth-order valence-electron chi connectivity index (χ4n) is 3.16. The van der Waals surface area contributed by atoms with Crippen LogP contribution in [-0.2, 0) is 14.3 Å². The molecule has 1 aliphatic heterocycles. The molecule has 0 fully saturated rings. The number of Topliss-reactive ketones (excluding diaryl/α,β-unsaturated/α-hetero) is 4. The number of carbonyl (C=O) groups is 4. The highest BCUT2D eigenvalue weighted by molar-refractivity contribution is 6.45. The number of benzene rings is 2. The Morgan fingerprint density at radius 2 is 1.21 bits per heavy atom. The molecule has 0 spiro atoms. The number of fused-ring (bicyclic) bond motifs is 1. The van der Waals surface area contributed by atoms with Crippen molar-refractivity contribution in [2.45, 2.75) is 0 Å². The van der Waals surface area contributed by atoms with Gasteiger partial charge in [0.25, 0.3) is 0 Å². The van der Waals surface area contributed by atoms with Crippen LogP contribution in [0.3, 0.4) is 0 Å². The Morgan fingerprint density at radius 3 is 1.71 bits per heavy atom. The number of ketones is 4. The summed E-state index contributed by atoms with van der Waals surface area (Å²) in [6, 6.07) is 5.34. The molecule has 0 aliphatic carbocycles. The molecule has 0 saturated carbocycles. The Kier molecular flexibility index (Phi) is 7.69. The second-order valence-corrected chi connectivity index (χ2v) is 6.82. The Morgan fingerprint density at radius 1 is 0.706 bits per heavy atom. The molecule has 1 heterocycles. The number of hydrogen-bond donors (Lipinski definition) is 0. The number of methoxy groups -OCH3 is 4. The van der Waals surface area contributed by atoms with Crippen molar-refractivity contribution in [3.63, 3.8) is 0 Å². The monoisotopic (exact) mass is 474 g/mol. The van der Waals surface area contributed by atoms with Gasteiger partial charge in [0.15, 0.2) is 23.0 Å².